The lowest BCUT2D eigenvalue weighted by atomic mass is 10.1. The fraction of sp³-hybridized carbons (Fsp3) is 0.833. The summed E-state index contributed by atoms with van der Waals surface area (Å²) in [5.41, 5.74) is 5.20. The highest BCUT2D eigenvalue weighted by atomic mass is 16.3. The van der Waals surface area contributed by atoms with Gasteiger partial charge >= 0.3 is 0 Å². The van der Waals surface area contributed by atoms with E-state index in [0.717, 1.165) is 19.4 Å². The van der Waals surface area contributed by atoms with Crippen molar-refractivity contribution in [3.8, 4) is 0 Å². The molecule has 0 heterocycles. The van der Waals surface area contributed by atoms with E-state index in [1.54, 1.807) is 0 Å². The second-order valence-corrected chi connectivity index (χ2v) is 4.75. The van der Waals surface area contributed by atoms with Crippen LogP contribution >= 0.6 is 0 Å². The van der Waals surface area contributed by atoms with E-state index in [9.17, 15) is 9.59 Å². The van der Waals surface area contributed by atoms with Crippen LogP contribution in [0, 0.1) is 0 Å². The largest absolute Gasteiger partial charge is 0.394 e. The van der Waals surface area contributed by atoms with Gasteiger partial charge in [0, 0.05) is 13.5 Å². The Kier molecular flexibility index (Phi) is 9.11. The Morgan fingerprint density at radius 1 is 1.37 bits per heavy atom. The molecule has 19 heavy (non-hydrogen) atoms. The van der Waals surface area contributed by atoms with Crippen LogP contribution in [0.1, 0.15) is 26.2 Å². The molecule has 0 aliphatic rings. The average molecular weight is 275 g/mol. The van der Waals surface area contributed by atoms with Gasteiger partial charge in [-0.2, -0.15) is 0 Å². The number of aliphatic hydroxyl groups excluding tert-OH is 2. The van der Waals surface area contributed by atoms with Crippen molar-refractivity contribution in [3.05, 3.63) is 0 Å². The number of carbonyl (C=O) groups excluding carboxylic acids is 2. The van der Waals surface area contributed by atoms with E-state index in [1.165, 1.54) is 6.92 Å². The molecule has 112 valence electrons. The van der Waals surface area contributed by atoms with Gasteiger partial charge in [0.2, 0.25) is 11.8 Å². The molecule has 2 amide bonds. The lowest BCUT2D eigenvalue weighted by Crippen LogP contribution is -2.50. The molecule has 0 rings (SSSR count). The van der Waals surface area contributed by atoms with Gasteiger partial charge in [-0.3, -0.25) is 9.59 Å². The molecule has 7 heteroatoms. The van der Waals surface area contributed by atoms with Crippen LogP contribution in [-0.2, 0) is 9.59 Å². The topological polar surface area (TPSA) is 116 Å². The first-order valence-electron chi connectivity index (χ1n) is 6.40. The van der Waals surface area contributed by atoms with E-state index in [0.29, 0.717) is 13.0 Å². The van der Waals surface area contributed by atoms with Crippen LogP contribution in [-0.4, -0.2) is 65.8 Å². The lowest BCUT2D eigenvalue weighted by Gasteiger charge is -2.22. The summed E-state index contributed by atoms with van der Waals surface area (Å²) in [6.45, 7) is 2.20. The number of likely N-dealkylation sites (N-methyl/N-ethyl adjacent to an activating group) is 1. The maximum Gasteiger partial charge on any atom is 0.241 e. The van der Waals surface area contributed by atoms with Crippen LogP contribution in [0.25, 0.3) is 0 Å². The molecule has 0 saturated carbocycles. The molecule has 0 spiro atoms. The maximum absolute atomic E-state index is 11.1. The zero-order chi connectivity index (χ0) is 14.8. The molecule has 0 aliphatic heterocycles. The fourth-order valence-electron chi connectivity index (χ4n) is 1.71. The third-order valence-corrected chi connectivity index (χ3v) is 2.75. The van der Waals surface area contributed by atoms with Crippen molar-refractivity contribution < 1.29 is 19.8 Å². The molecule has 0 aromatic heterocycles. The van der Waals surface area contributed by atoms with Gasteiger partial charge in [-0.25, -0.2) is 0 Å². The van der Waals surface area contributed by atoms with Crippen LogP contribution in [0.2, 0.25) is 0 Å². The number of unbranched alkanes of at least 4 members (excludes halogenated alkanes) is 1. The van der Waals surface area contributed by atoms with Crippen LogP contribution in [0.15, 0.2) is 0 Å². The number of hydrogen-bond donors (Lipinski definition) is 4. The Bertz CT molecular complexity index is 286. The summed E-state index contributed by atoms with van der Waals surface area (Å²) < 4.78 is 0. The van der Waals surface area contributed by atoms with E-state index in [1.807, 2.05) is 11.9 Å². The molecule has 2 unspecified atom stereocenters. The Morgan fingerprint density at radius 3 is 2.47 bits per heavy atom. The molecule has 0 radical (unpaired) electrons. The first kappa shape index (κ1) is 17.8. The smallest absolute Gasteiger partial charge is 0.241 e. The van der Waals surface area contributed by atoms with Gasteiger partial charge in [0.1, 0.15) is 6.04 Å². The van der Waals surface area contributed by atoms with Crippen LogP contribution < -0.4 is 11.1 Å². The van der Waals surface area contributed by atoms with Crippen molar-refractivity contribution in [2.75, 3.05) is 26.7 Å². The lowest BCUT2D eigenvalue weighted by molar-refractivity contribution is -0.126. The SMILES string of the molecule is CC(=O)NC(CN(C)CCCCC(O)CO)C(N)=O. The second-order valence-electron chi connectivity index (χ2n) is 4.75. The minimum atomic E-state index is -0.689. The predicted molar refractivity (Wildman–Crippen MR) is 71.2 cm³/mol. The molecule has 0 aromatic carbocycles. The molecular weight excluding hydrogens is 250 g/mol. The molecule has 7 nitrogen and oxygen atoms in total. The summed E-state index contributed by atoms with van der Waals surface area (Å²) in [7, 11) is 1.83. The molecule has 0 aliphatic carbocycles. The number of primary amides is 1. The van der Waals surface area contributed by atoms with Crippen molar-refractivity contribution in [1.29, 1.82) is 0 Å². The Balaban J connectivity index is 3.90. The van der Waals surface area contributed by atoms with E-state index >= 15 is 0 Å². The molecule has 0 bridgehead atoms. The minimum Gasteiger partial charge on any atom is -0.394 e. The Labute approximate surface area is 113 Å². The summed E-state index contributed by atoms with van der Waals surface area (Å²) in [6, 6.07) is -0.689. The molecule has 5 N–H and O–H groups in total. The average Bonchev–Trinajstić information content (AvgIpc) is 2.32. The fourth-order valence-corrected chi connectivity index (χ4v) is 1.71. The highest BCUT2D eigenvalue weighted by Crippen LogP contribution is 2.02. The first-order valence-corrected chi connectivity index (χ1v) is 6.40. The molecular formula is C12H25N3O4. The molecule has 0 fully saturated rings. The molecule has 0 saturated heterocycles. The van der Waals surface area contributed by atoms with Gasteiger partial charge < -0.3 is 26.2 Å². The number of nitrogens with zero attached hydrogens (tertiary/aromatic N) is 1. The standard InChI is InChI=1S/C12H25N3O4/c1-9(17)14-11(12(13)19)7-15(2)6-4-3-5-10(18)8-16/h10-11,16,18H,3-8H2,1-2H3,(H2,13,19)(H,14,17). The van der Waals surface area contributed by atoms with Crippen molar-refractivity contribution in [2.45, 2.75) is 38.3 Å². The molecule has 0 aromatic rings. The van der Waals surface area contributed by atoms with E-state index < -0.39 is 18.1 Å². The van der Waals surface area contributed by atoms with Crippen LogP contribution in [0.5, 0.6) is 0 Å². The normalized spacial score (nSPS) is 14.2. The van der Waals surface area contributed by atoms with E-state index in [-0.39, 0.29) is 12.5 Å². The van der Waals surface area contributed by atoms with Crippen LogP contribution in [0.3, 0.4) is 0 Å². The molecule has 2 atom stereocenters. The van der Waals surface area contributed by atoms with Gasteiger partial charge in [0.15, 0.2) is 0 Å². The number of nitrogens with one attached hydrogen (secondary N) is 1. The van der Waals surface area contributed by atoms with Gasteiger partial charge in [-0.15, -0.1) is 0 Å². The monoisotopic (exact) mass is 275 g/mol. The quantitative estimate of drug-likeness (QED) is 0.360. The number of nitrogens with two attached hydrogens (primary N) is 1. The number of amides is 2. The number of rotatable bonds is 10. The first-order chi connectivity index (χ1) is 8.86. The van der Waals surface area contributed by atoms with Crippen LogP contribution in [0.4, 0.5) is 0 Å². The maximum atomic E-state index is 11.1. The summed E-state index contributed by atoms with van der Waals surface area (Å²) >= 11 is 0. The highest BCUT2D eigenvalue weighted by molar-refractivity contribution is 5.85. The third kappa shape index (κ3) is 9.40. The zero-order valence-electron chi connectivity index (χ0n) is 11.6. The predicted octanol–water partition coefficient (Wildman–Crippen LogP) is -1.57. The number of hydrogen-bond acceptors (Lipinski definition) is 5. The van der Waals surface area contributed by atoms with Crippen molar-refractivity contribution in [1.82, 2.24) is 10.2 Å². The van der Waals surface area contributed by atoms with Crippen molar-refractivity contribution in [3.63, 3.8) is 0 Å². The van der Waals surface area contributed by atoms with Gasteiger partial charge in [-0.05, 0) is 32.9 Å². The number of carbonyl (C=O) groups is 2. The Morgan fingerprint density at radius 2 is 2.00 bits per heavy atom. The second kappa shape index (κ2) is 9.71. The van der Waals surface area contributed by atoms with Gasteiger partial charge in [0.25, 0.3) is 0 Å². The summed E-state index contributed by atoms with van der Waals surface area (Å²) in [6.07, 6.45) is 1.50. The van der Waals surface area contributed by atoms with Gasteiger partial charge in [0.05, 0.1) is 12.7 Å². The minimum absolute atomic E-state index is 0.220. The van der Waals surface area contributed by atoms with Crippen molar-refractivity contribution in [2.24, 2.45) is 5.73 Å². The third-order valence-electron chi connectivity index (χ3n) is 2.75. The van der Waals surface area contributed by atoms with Crippen molar-refractivity contribution >= 4 is 11.8 Å². The van der Waals surface area contributed by atoms with E-state index in [4.69, 9.17) is 15.9 Å². The van der Waals surface area contributed by atoms with E-state index in [2.05, 4.69) is 5.32 Å². The summed E-state index contributed by atoms with van der Waals surface area (Å²) in [4.78, 5) is 24.0. The zero-order valence-corrected chi connectivity index (χ0v) is 11.6. The van der Waals surface area contributed by atoms with Gasteiger partial charge in [-0.1, -0.05) is 0 Å². The summed E-state index contributed by atoms with van der Waals surface area (Å²) in [5.74, 6) is -0.846. The highest BCUT2D eigenvalue weighted by Gasteiger charge is 2.18. The summed E-state index contributed by atoms with van der Waals surface area (Å²) in [5, 5.41) is 20.3. The Hall–Kier alpha value is -1.18. The number of aliphatic hydroxyl groups is 2.